The fourth-order valence-corrected chi connectivity index (χ4v) is 3.83. The summed E-state index contributed by atoms with van der Waals surface area (Å²) in [6.45, 7) is 10.0. The van der Waals surface area contributed by atoms with E-state index in [1.165, 1.54) is 0 Å². The van der Waals surface area contributed by atoms with Gasteiger partial charge in [0.25, 0.3) is 0 Å². The fraction of sp³-hybridized carbons (Fsp3) is 0.435. The molecule has 0 spiro atoms. The molecule has 2 fully saturated rings. The van der Waals surface area contributed by atoms with Crippen LogP contribution >= 0.6 is 0 Å². The summed E-state index contributed by atoms with van der Waals surface area (Å²) in [6, 6.07) is 18.6. The molecule has 2 aromatic rings. The van der Waals surface area contributed by atoms with E-state index in [4.69, 9.17) is 14.1 Å². The quantitative estimate of drug-likeness (QED) is 0.567. The predicted octanol–water partition coefficient (Wildman–Crippen LogP) is 4.47. The number of benzene rings is 2. The van der Waals surface area contributed by atoms with Crippen molar-refractivity contribution in [3.8, 4) is 0 Å². The van der Waals surface area contributed by atoms with Crippen molar-refractivity contribution < 1.29 is 18.9 Å². The van der Waals surface area contributed by atoms with Crippen LogP contribution in [0.2, 0.25) is 0 Å². The number of hydrogen-bond donors (Lipinski definition) is 0. The van der Waals surface area contributed by atoms with E-state index in [-0.39, 0.29) is 5.78 Å². The van der Waals surface area contributed by atoms with E-state index < -0.39 is 29.9 Å². The molecule has 0 aliphatic carbocycles. The SMILES string of the molecule is CC1(B2OC(C)(C)C(C)(C)O2)CC(C(=O)c2ccccc2)N(c2ccccc2)O1. The highest BCUT2D eigenvalue weighted by molar-refractivity contribution is 6.49. The highest BCUT2D eigenvalue weighted by Crippen LogP contribution is 2.45. The van der Waals surface area contributed by atoms with Crippen molar-refractivity contribution in [3.05, 3.63) is 66.2 Å². The number of carbonyl (C=O) groups excluding carboxylic acids is 1. The van der Waals surface area contributed by atoms with Gasteiger partial charge in [-0.3, -0.25) is 9.63 Å². The molecule has 4 rings (SSSR count). The van der Waals surface area contributed by atoms with Gasteiger partial charge in [0, 0.05) is 12.0 Å². The molecule has 0 bridgehead atoms. The third-order valence-corrected chi connectivity index (χ3v) is 6.31. The highest BCUT2D eigenvalue weighted by atomic mass is 16.7. The fourth-order valence-electron chi connectivity index (χ4n) is 3.83. The second kappa shape index (κ2) is 6.97. The van der Waals surface area contributed by atoms with Crippen LogP contribution < -0.4 is 5.06 Å². The molecule has 0 radical (unpaired) electrons. The molecule has 2 aliphatic rings. The van der Waals surface area contributed by atoms with Crippen LogP contribution in [0.3, 0.4) is 0 Å². The third kappa shape index (κ3) is 3.50. The molecule has 2 unspecified atom stereocenters. The molecule has 29 heavy (non-hydrogen) atoms. The largest absolute Gasteiger partial charge is 0.494 e. The zero-order valence-corrected chi connectivity index (χ0v) is 17.7. The minimum absolute atomic E-state index is 0.0229. The molecule has 0 saturated carbocycles. The Kier molecular flexibility index (Phi) is 4.84. The van der Waals surface area contributed by atoms with Crippen molar-refractivity contribution in [2.45, 2.75) is 63.8 Å². The Morgan fingerprint density at radius 2 is 1.41 bits per heavy atom. The standard InChI is InChI=1S/C23H28BNO4/c1-21(2)22(3,4)28-24(27-21)23(5)16-19(20(26)17-12-8-6-9-13-17)25(29-23)18-14-10-7-11-15-18/h6-15,19H,16H2,1-5H3. The van der Waals surface area contributed by atoms with Gasteiger partial charge in [0.2, 0.25) is 0 Å². The first-order valence-corrected chi connectivity index (χ1v) is 10.1. The van der Waals surface area contributed by atoms with Gasteiger partial charge in [0.1, 0.15) is 11.5 Å². The van der Waals surface area contributed by atoms with E-state index in [9.17, 15) is 4.79 Å². The monoisotopic (exact) mass is 393 g/mol. The molecule has 6 heteroatoms. The van der Waals surface area contributed by atoms with Gasteiger partial charge in [0.05, 0.1) is 16.9 Å². The molecule has 0 aromatic heterocycles. The van der Waals surface area contributed by atoms with Crippen LogP contribution in [0, 0.1) is 0 Å². The second-order valence-corrected chi connectivity index (χ2v) is 9.10. The topological polar surface area (TPSA) is 48.0 Å². The van der Waals surface area contributed by atoms with Gasteiger partial charge < -0.3 is 9.31 Å². The van der Waals surface area contributed by atoms with Crippen LogP contribution in [0.25, 0.3) is 0 Å². The maximum atomic E-state index is 13.4. The van der Waals surface area contributed by atoms with Crippen LogP contribution in [-0.4, -0.2) is 35.6 Å². The van der Waals surface area contributed by atoms with Gasteiger partial charge >= 0.3 is 7.12 Å². The Morgan fingerprint density at radius 1 is 0.897 bits per heavy atom. The number of carbonyl (C=O) groups is 1. The lowest BCUT2D eigenvalue weighted by Gasteiger charge is -2.32. The van der Waals surface area contributed by atoms with Gasteiger partial charge in [-0.25, -0.2) is 5.06 Å². The summed E-state index contributed by atoms with van der Waals surface area (Å²) in [5, 5.41) is 1.72. The number of hydroxylamine groups is 1. The van der Waals surface area contributed by atoms with Crippen molar-refractivity contribution in [2.24, 2.45) is 0 Å². The minimum atomic E-state index is -0.796. The average Bonchev–Trinajstić information content (AvgIpc) is 3.17. The van der Waals surface area contributed by atoms with Gasteiger partial charge in [0.15, 0.2) is 5.78 Å². The highest BCUT2D eigenvalue weighted by Gasteiger charge is 2.63. The van der Waals surface area contributed by atoms with Crippen molar-refractivity contribution in [2.75, 3.05) is 5.06 Å². The van der Waals surface area contributed by atoms with Gasteiger partial charge in [-0.05, 0) is 46.8 Å². The summed E-state index contributed by atoms with van der Waals surface area (Å²) in [6.07, 6.45) is 0.465. The minimum Gasteiger partial charge on any atom is -0.401 e. The maximum absolute atomic E-state index is 13.4. The van der Waals surface area contributed by atoms with Crippen molar-refractivity contribution in [1.29, 1.82) is 0 Å². The normalized spacial score (nSPS) is 28.0. The summed E-state index contributed by atoms with van der Waals surface area (Å²) in [7, 11) is -0.577. The molecular formula is C23H28BNO4. The number of hydrogen-bond acceptors (Lipinski definition) is 5. The number of rotatable bonds is 4. The molecule has 0 amide bonds. The Morgan fingerprint density at radius 3 is 1.97 bits per heavy atom. The Labute approximate surface area is 173 Å². The molecule has 2 atom stereocenters. The summed E-state index contributed by atoms with van der Waals surface area (Å²) in [4.78, 5) is 19.8. The summed E-state index contributed by atoms with van der Waals surface area (Å²) in [5.74, 6) is 0.0229. The second-order valence-electron chi connectivity index (χ2n) is 9.10. The van der Waals surface area contributed by atoms with Gasteiger partial charge in [-0.15, -0.1) is 0 Å². The number of ketones is 1. The van der Waals surface area contributed by atoms with Gasteiger partial charge in [-0.1, -0.05) is 48.5 Å². The molecule has 0 N–H and O–H groups in total. The molecule has 5 nitrogen and oxygen atoms in total. The number of nitrogens with zero attached hydrogens (tertiary/aromatic N) is 1. The number of Topliss-reactive ketones (excluding diaryl/α,β-unsaturated/α-hetero) is 1. The van der Waals surface area contributed by atoms with Crippen LogP contribution in [-0.2, 0) is 14.1 Å². The van der Waals surface area contributed by atoms with E-state index in [1.807, 2.05) is 95.3 Å². The molecule has 2 saturated heterocycles. The summed E-state index contributed by atoms with van der Waals surface area (Å²) >= 11 is 0. The van der Waals surface area contributed by atoms with E-state index in [0.29, 0.717) is 12.0 Å². The Bertz CT molecular complexity index is 870. The molecule has 2 aliphatic heterocycles. The van der Waals surface area contributed by atoms with Crippen molar-refractivity contribution in [3.63, 3.8) is 0 Å². The number of anilines is 1. The van der Waals surface area contributed by atoms with Crippen LogP contribution in [0.15, 0.2) is 60.7 Å². The zero-order chi connectivity index (χ0) is 20.9. The van der Waals surface area contributed by atoms with Crippen LogP contribution in [0.5, 0.6) is 0 Å². The maximum Gasteiger partial charge on any atom is 0.494 e. The molecule has 152 valence electrons. The van der Waals surface area contributed by atoms with E-state index in [0.717, 1.165) is 5.69 Å². The van der Waals surface area contributed by atoms with Crippen LogP contribution in [0.1, 0.15) is 51.4 Å². The first kappa shape index (κ1) is 20.1. The zero-order valence-electron chi connectivity index (χ0n) is 17.7. The lowest BCUT2D eigenvalue weighted by atomic mass is 9.65. The van der Waals surface area contributed by atoms with E-state index >= 15 is 0 Å². The van der Waals surface area contributed by atoms with Crippen LogP contribution in [0.4, 0.5) is 5.69 Å². The van der Waals surface area contributed by atoms with E-state index in [1.54, 1.807) is 5.06 Å². The van der Waals surface area contributed by atoms with Crippen molar-refractivity contribution >= 4 is 18.6 Å². The van der Waals surface area contributed by atoms with Crippen molar-refractivity contribution in [1.82, 2.24) is 0 Å². The molecule has 2 heterocycles. The Balaban J connectivity index is 1.68. The lowest BCUT2D eigenvalue weighted by molar-refractivity contribution is 0.00578. The molecule has 2 aromatic carbocycles. The lowest BCUT2D eigenvalue weighted by Crippen LogP contribution is -2.46. The predicted molar refractivity (Wildman–Crippen MR) is 114 cm³/mol. The first-order valence-electron chi connectivity index (χ1n) is 10.1. The average molecular weight is 393 g/mol. The first-order chi connectivity index (χ1) is 13.6. The Hall–Kier alpha value is -2.15. The van der Waals surface area contributed by atoms with E-state index in [2.05, 4.69) is 0 Å². The number of para-hydroxylation sites is 1. The van der Waals surface area contributed by atoms with Gasteiger partial charge in [-0.2, -0.15) is 0 Å². The molecular weight excluding hydrogens is 365 g/mol. The summed E-state index contributed by atoms with van der Waals surface area (Å²) in [5.41, 5.74) is -0.232. The smallest absolute Gasteiger partial charge is 0.401 e. The third-order valence-electron chi connectivity index (χ3n) is 6.31. The summed E-state index contributed by atoms with van der Waals surface area (Å²) < 4.78 is 12.6.